The van der Waals surface area contributed by atoms with Crippen molar-refractivity contribution in [3.8, 4) is 0 Å². The van der Waals surface area contributed by atoms with Crippen LogP contribution in [0.4, 0.5) is 4.79 Å². The maximum absolute atomic E-state index is 13.0. The number of nitrogens with zero attached hydrogens (tertiary/aromatic N) is 1. The number of methoxy groups -OCH3 is 2. The van der Waals surface area contributed by atoms with Crippen LogP contribution in [0.3, 0.4) is 0 Å². The van der Waals surface area contributed by atoms with Gasteiger partial charge in [0.05, 0.1) is 19.9 Å². The van der Waals surface area contributed by atoms with Gasteiger partial charge in [0.2, 0.25) is 0 Å². The molecule has 0 spiro atoms. The van der Waals surface area contributed by atoms with Crippen molar-refractivity contribution < 1.29 is 28.6 Å². The third kappa shape index (κ3) is 9.43. The summed E-state index contributed by atoms with van der Waals surface area (Å²) >= 11 is 2.39. The van der Waals surface area contributed by atoms with Crippen molar-refractivity contribution in [2.75, 3.05) is 18.6 Å². The average Bonchev–Trinajstić information content (AvgIpc) is 3.18. The van der Waals surface area contributed by atoms with E-state index in [0.717, 1.165) is 12.8 Å². The number of hydrogen-bond donors (Lipinski definition) is 0. The van der Waals surface area contributed by atoms with Gasteiger partial charge in [-0.05, 0) is 68.1 Å². The van der Waals surface area contributed by atoms with E-state index in [1.807, 2.05) is 52.8 Å². The molecule has 1 aromatic rings. The minimum absolute atomic E-state index is 0.104. The van der Waals surface area contributed by atoms with Crippen LogP contribution in [0.25, 0.3) is 6.08 Å². The van der Waals surface area contributed by atoms with Gasteiger partial charge in [0, 0.05) is 12.1 Å². The van der Waals surface area contributed by atoms with Gasteiger partial charge in [0.1, 0.15) is 5.60 Å². The Bertz CT molecular complexity index is 821. The Morgan fingerprint density at radius 3 is 2.12 bits per heavy atom. The number of carbonyl (C=O) groups excluding carboxylic acids is 3. The molecular formula is C26H40INO6. The van der Waals surface area contributed by atoms with Crippen LogP contribution in [-0.4, -0.2) is 46.8 Å². The van der Waals surface area contributed by atoms with Crippen molar-refractivity contribution in [3.05, 3.63) is 29.6 Å². The topological polar surface area (TPSA) is 83.8 Å². The number of hydrogen-bond acceptors (Lipinski definition) is 6. The Kier molecular flexibility index (Phi) is 12.9. The van der Waals surface area contributed by atoms with E-state index in [2.05, 4.69) is 22.6 Å². The van der Waals surface area contributed by atoms with E-state index in [1.165, 1.54) is 42.5 Å². The summed E-state index contributed by atoms with van der Waals surface area (Å²) in [4.78, 5) is 38.0. The minimum atomic E-state index is -1.14. The third-order valence-corrected chi connectivity index (χ3v) is 6.14. The first-order valence-electron chi connectivity index (χ1n) is 11.8. The zero-order valence-electron chi connectivity index (χ0n) is 21.6. The van der Waals surface area contributed by atoms with Crippen molar-refractivity contribution in [2.24, 2.45) is 11.8 Å². The second kappa shape index (κ2) is 14.5. The van der Waals surface area contributed by atoms with Crippen LogP contribution >= 0.6 is 22.6 Å². The molecule has 1 atom stereocenters. The lowest BCUT2D eigenvalue weighted by Crippen LogP contribution is -2.34. The molecule has 0 saturated carbocycles. The van der Waals surface area contributed by atoms with Crippen molar-refractivity contribution in [1.29, 1.82) is 0 Å². The number of ether oxygens (including phenoxy) is 3. The van der Waals surface area contributed by atoms with Crippen LogP contribution < -0.4 is 0 Å². The molecular weight excluding hydrogens is 549 g/mol. The van der Waals surface area contributed by atoms with Crippen molar-refractivity contribution in [3.63, 3.8) is 0 Å². The van der Waals surface area contributed by atoms with Crippen LogP contribution in [0, 0.1) is 11.8 Å². The molecule has 0 radical (unpaired) electrons. The molecule has 0 N–H and O–H groups in total. The van der Waals surface area contributed by atoms with Crippen LogP contribution in [0.2, 0.25) is 0 Å². The smallest absolute Gasteiger partial charge is 0.418 e. The van der Waals surface area contributed by atoms with E-state index in [4.69, 9.17) is 14.2 Å². The highest BCUT2D eigenvalue weighted by Crippen LogP contribution is 2.35. The summed E-state index contributed by atoms with van der Waals surface area (Å²) in [6, 6.07) is 1.83. The van der Waals surface area contributed by atoms with E-state index < -0.39 is 35.5 Å². The first-order chi connectivity index (χ1) is 16.0. The fourth-order valence-corrected chi connectivity index (χ4v) is 4.34. The second-order valence-corrected chi connectivity index (χ2v) is 10.7. The molecule has 192 valence electrons. The number of alkyl halides is 1. The standard InChI is InChI=1S/C26H40INO6/c1-18(2)21(22(23(29)32-6)24(30)33-7)19-16-20(14-12-10-8-9-11-13-15-27)28(17-19)25(31)34-26(3,4)5/h12,14,16-18,21-22H,8-11,13,15H2,1-7H3/b14-12+. The molecule has 0 aliphatic heterocycles. The highest BCUT2D eigenvalue weighted by Gasteiger charge is 2.40. The molecule has 0 aliphatic rings. The van der Waals surface area contributed by atoms with Gasteiger partial charge in [-0.25, -0.2) is 4.79 Å². The molecule has 0 bridgehead atoms. The van der Waals surface area contributed by atoms with Gasteiger partial charge >= 0.3 is 18.0 Å². The quantitative estimate of drug-likeness (QED) is 0.0704. The van der Waals surface area contributed by atoms with Crippen LogP contribution in [0.15, 0.2) is 18.3 Å². The Balaban J connectivity index is 3.36. The van der Waals surface area contributed by atoms with E-state index in [-0.39, 0.29) is 5.92 Å². The van der Waals surface area contributed by atoms with Crippen molar-refractivity contribution in [1.82, 2.24) is 4.57 Å². The van der Waals surface area contributed by atoms with Gasteiger partial charge < -0.3 is 14.2 Å². The maximum atomic E-state index is 13.0. The fourth-order valence-electron chi connectivity index (χ4n) is 3.80. The van der Waals surface area contributed by atoms with E-state index in [0.29, 0.717) is 11.3 Å². The minimum Gasteiger partial charge on any atom is -0.468 e. The molecule has 7 nitrogen and oxygen atoms in total. The Labute approximate surface area is 217 Å². The molecule has 0 fully saturated rings. The highest BCUT2D eigenvalue weighted by molar-refractivity contribution is 14.1. The average molecular weight is 590 g/mol. The molecule has 0 amide bonds. The van der Waals surface area contributed by atoms with E-state index >= 15 is 0 Å². The van der Waals surface area contributed by atoms with Crippen molar-refractivity contribution in [2.45, 2.75) is 78.2 Å². The summed E-state index contributed by atoms with van der Waals surface area (Å²) < 4.78 is 18.0. The normalized spacial score (nSPS) is 12.9. The lowest BCUT2D eigenvalue weighted by atomic mass is 9.79. The first kappa shape index (κ1) is 30.2. The third-order valence-electron chi connectivity index (χ3n) is 5.38. The van der Waals surface area contributed by atoms with Crippen LogP contribution in [-0.2, 0) is 23.8 Å². The summed E-state index contributed by atoms with van der Waals surface area (Å²) in [6.45, 7) is 9.26. The van der Waals surface area contributed by atoms with Gasteiger partial charge in [-0.3, -0.25) is 14.2 Å². The Morgan fingerprint density at radius 1 is 1.03 bits per heavy atom. The highest BCUT2D eigenvalue weighted by atomic mass is 127. The predicted octanol–water partition coefficient (Wildman–Crippen LogP) is 6.37. The molecule has 1 aromatic heterocycles. The molecule has 8 heteroatoms. The number of allylic oxidation sites excluding steroid dienone is 1. The molecule has 1 heterocycles. The molecule has 34 heavy (non-hydrogen) atoms. The van der Waals surface area contributed by atoms with Gasteiger partial charge in [-0.15, -0.1) is 0 Å². The zero-order valence-corrected chi connectivity index (χ0v) is 23.7. The summed E-state index contributed by atoms with van der Waals surface area (Å²) in [6.07, 6.45) is 10.7. The second-order valence-electron chi connectivity index (χ2n) is 9.64. The number of halogens is 1. The molecule has 1 rings (SSSR count). The van der Waals surface area contributed by atoms with Crippen molar-refractivity contribution >= 4 is 46.7 Å². The van der Waals surface area contributed by atoms with Crippen LogP contribution in [0.5, 0.6) is 0 Å². The molecule has 0 aliphatic carbocycles. The van der Waals surface area contributed by atoms with Crippen LogP contribution in [0.1, 0.15) is 83.9 Å². The maximum Gasteiger partial charge on any atom is 0.418 e. The summed E-state index contributed by atoms with van der Waals surface area (Å²) in [5, 5.41) is 0. The van der Waals surface area contributed by atoms with E-state index in [9.17, 15) is 14.4 Å². The summed E-state index contributed by atoms with van der Waals surface area (Å²) in [5.41, 5.74) is 0.637. The predicted molar refractivity (Wildman–Crippen MR) is 142 cm³/mol. The monoisotopic (exact) mass is 589 g/mol. The number of unbranched alkanes of at least 4 members (excludes halogenated alkanes) is 4. The number of rotatable bonds is 12. The zero-order chi connectivity index (χ0) is 25.9. The lowest BCUT2D eigenvalue weighted by molar-refractivity contribution is -0.160. The van der Waals surface area contributed by atoms with Gasteiger partial charge in [0.15, 0.2) is 5.92 Å². The molecule has 1 unspecified atom stereocenters. The molecule has 0 saturated heterocycles. The molecule has 0 aromatic carbocycles. The SMILES string of the molecule is COC(=O)C(C(=O)OC)C(c1cc(/C=C/CCCCCCI)n(C(=O)OC(C)(C)C)c1)C(C)C. The van der Waals surface area contributed by atoms with Gasteiger partial charge in [0.25, 0.3) is 0 Å². The van der Waals surface area contributed by atoms with Gasteiger partial charge in [-0.2, -0.15) is 0 Å². The Hall–Kier alpha value is -1.84. The fraction of sp³-hybridized carbons (Fsp3) is 0.654. The number of esters is 2. The summed E-state index contributed by atoms with van der Waals surface area (Å²) in [5.74, 6) is -3.12. The first-order valence-corrected chi connectivity index (χ1v) is 13.3. The number of carbonyl (C=O) groups is 3. The van der Waals surface area contributed by atoms with Gasteiger partial charge in [-0.1, -0.05) is 55.4 Å². The largest absolute Gasteiger partial charge is 0.468 e. The number of aromatic nitrogens is 1. The lowest BCUT2D eigenvalue weighted by Gasteiger charge is -2.26. The van der Waals surface area contributed by atoms with E-state index in [1.54, 1.807) is 6.20 Å². The Morgan fingerprint density at radius 2 is 1.62 bits per heavy atom. The summed E-state index contributed by atoms with van der Waals surface area (Å²) in [7, 11) is 2.49.